The zero-order chi connectivity index (χ0) is 10.8. The second-order valence-corrected chi connectivity index (χ2v) is 3.15. The normalized spacial score (nSPS) is 15.4. The highest BCUT2D eigenvalue weighted by Crippen LogP contribution is 2.26. The fraction of sp³-hybridized carbons (Fsp3) is 0.182. The minimum Gasteiger partial charge on any atom is -0.497 e. The van der Waals surface area contributed by atoms with E-state index in [0.717, 1.165) is 11.4 Å². The number of anilines is 1. The van der Waals surface area contributed by atoms with E-state index in [4.69, 9.17) is 9.47 Å². The summed E-state index contributed by atoms with van der Waals surface area (Å²) in [6.45, 7) is 4.01. The van der Waals surface area contributed by atoms with Crippen molar-refractivity contribution in [2.75, 3.05) is 18.6 Å². The third-order valence-corrected chi connectivity index (χ3v) is 2.19. The highest BCUT2D eigenvalue weighted by Gasteiger charge is 2.27. The average molecular weight is 205 g/mol. The van der Waals surface area contributed by atoms with Gasteiger partial charge in [-0.2, -0.15) is 0 Å². The summed E-state index contributed by atoms with van der Waals surface area (Å²) in [6.07, 6.45) is -0.384. The summed E-state index contributed by atoms with van der Waals surface area (Å²) >= 11 is 0. The van der Waals surface area contributed by atoms with E-state index in [9.17, 15) is 4.79 Å². The molecule has 2 rings (SSSR count). The van der Waals surface area contributed by atoms with Crippen LogP contribution in [0.4, 0.5) is 10.5 Å². The molecule has 1 amide bonds. The van der Waals surface area contributed by atoms with Crippen LogP contribution in [0.3, 0.4) is 0 Å². The van der Waals surface area contributed by atoms with Crippen molar-refractivity contribution in [1.29, 1.82) is 0 Å². The maximum Gasteiger partial charge on any atom is 0.419 e. The molecule has 0 spiro atoms. The Balaban J connectivity index is 2.29. The van der Waals surface area contributed by atoms with Crippen LogP contribution < -0.4 is 9.64 Å². The van der Waals surface area contributed by atoms with Gasteiger partial charge < -0.3 is 9.47 Å². The molecule has 1 fully saturated rings. The highest BCUT2D eigenvalue weighted by atomic mass is 16.6. The van der Waals surface area contributed by atoms with Crippen LogP contribution in [0.15, 0.2) is 36.5 Å². The van der Waals surface area contributed by atoms with Crippen LogP contribution in [0.5, 0.6) is 5.75 Å². The first-order chi connectivity index (χ1) is 7.22. The number of nitrogens with zero attached hydrogens (tertiary/aromatic N) is 1. The van der Waals surface area contributed by atoms with Gasteiger partial charge in [0, 0.05) is 0 Å². The first kappa shape index (κ1) is 9.58. The molecule has 1 aromatic rings. The molecule has 78 valence electrons. The Morgan fingerprint density at radius 1 is 1.40 bits per heavy atom. The molecule has 4 heteroatoms. The molecule has 1 saturated heterocycles. The van der Waals surface area contributed by atoms with Crippen LogP contribution in [0.1, 0.15) is 0 Å². The molecule has 1 aromatic carbocycles. The Hall–Kier alpha value is -1.97. The van der Waals surface area contributed by atoms with Gasteiger partial charge in [0.05, 0.1) is 18.5 Å². The lowest BCUT2D eigenvalue weighted by Crippen LogP contribution is -2.21. The summed E-state index contributed by atoms with van der Waals surface area (Å²) in [4.78, 5) is 12.8. The summed E-state index contributed by atoms with van der Waals surface area (Å²) in [7, 11) is 1.60. The van der Waals surface area contributed by atoms with Gasteiger partial charge in [0.1, 0.15) is 12.4 Å². The van der Waals surface area contributed by atoms with E-state index in [1.54, 1.807) is 31.4 Å². The Morgan fingerprint density at radius 3 is 2.53 bits per heavy atom. The predicted molar refractivity (Wildman–Crippen MR) is 56.0 cm³/mol. The number of cyclic esters (lactones) is 1. The lowest BCUT2D eigenvalue weighted by Gasteiger charge is -2.13. The number of methoxy groups -OCH3 is 1. The van der Waals surface area contributed by atoms with E-state index in [1.165, 1.54) is 4.90 Å². The van der Waals surface area contributed by atoms with Crippen molar-refractivity contribution in [3.8, 4) is 5.75 Å². The Bertz CT molecular complexity index is 381. The van der Waals surface area contributed by atoms with Crippen molar-refractivity contribution >= 4 is 11.8 Å². The number of benzene rings is 1. The molecule has 0 N–H and O–H groups in total. The van der Waals surface area contributed by atoms with Crippen LogP contribution in [0, 0.1) is 0 Å². The number of amides is 1. The number of hydrogen-bond donors (Lipinski definition) is 0. The molecule has 0 atom stereocenters. The van der Waals surface area contributed by atoms with E-state index >= 15 is 0 Å². The standard InChI is InChI=1S/C11H11NO3/c1-8-7-15-11(13)12(8)9-3-5-10(14-2)6-4-9/h3-6H,1,7H2,2H3. The lowest BCUT2D eigenvalue weighted by molar-refractivity contribution is 0.182. The maximum absolute atomic E-state index is 11.4. The zero-order valence-corrected chi connectivity index (χ0v) is 8.40. The van der Waals surface area contributed by atoms with Gasteiger partial charge in [-0.1, -0.05) is 6.58 Å². The van der Waals surface area contributed by atoms with Crippen LogP contribution in [0.2, 0.25) is 0 Å². The number of rotatable bonds is 2. The predicted octanol–water partition coefficient (Wildman–Crippen LogP) is 2.17. The number of carbonyl (C=O) groups is 1. The summed E-state index contributed by atoms with van der Waals surface area (Å²) in [5.41, 5.74) is 1.38. The molecule has 1 aliphatic heterocycles. The van der Waals surface area contributed by atoms with Crippen LogP contribution in [-0.2, 0) is 4.74 Å². The van der Waals surface area contributed by atoms with Gasteiger partial charge in [-0.25, -0.2) is 9.69 Å². The summed E-state index contributed by atoms with van der Waals surface area (Å²) < 4.78 is 9.87. The van der Waals surface area contributed by atoms with Crippen molar-refractivity contribution in [2.45, 2.75) is 0 Å². The van der Waals surface area contributed by atoms with Crippen molar-refractivity contribution in [3.05, 3.63) is 36.5 Å². The van der Waals surface area contributed by atoms with Crippen LogP contribution >= 0.6 is 0 Å². The van der Waals surface area contributed by atoms with E-state index in [1.807, 2.05) is 0 Å². The van der Waals surface area contributed by atoms with E-state index in [2.05, 4.69) is 6.58 Å². The number of hydrogen-bond acceptors (Lipinski definition) is 3. The first-order valence-electron chi connectivity index (χ1n) is 4.51. The molecule has 1 aliphatic rings. The van der Waals surface area contributed by atoms with Crippen LogP contribution in [0.25, 0.3) is 0 Å². The monoisotopic (exact) mass is 205 g/mol. The van der Waals surface area contributed by atoms with Crippen molar-refractivity contribution in [3.63, 3.8) is 0 Å². The topological polar surface area (TPSA) is 38.8 Å². The minimum absolute atomic E-state index is 0.255. The molecule has 15 heavy (non-hydrogen) atoms. The lowest BCUT2D eigenvalue weighted by atomic mass is 10.2. The van der Waals surface area contributed by atoms with Crippen molar-refractivity contribution in [2.24, 2.45) is 0 Å². The zero-order valence-electron chi connectivity index (χ0n) is 8.40. The molecule has 4 nitrogen and oxygen atoms in total. The number of ether oxygens (including phenoxy) is 2. The Kier molecular flexibility index (Phi) is 2.33. The van der Waals surface area contributed by atoms with Gasteiger partial charge in [-0.15, -0.1) is 0 Å². The Morgan fingerprint density at radius 2 is 2.07 bits per heavy atom. The molecular weight excluding hydrogens is 194 g/mol. The van der Waals surface area contributed by atoms with Gasteiger partial charge in [0.2, 0.25) is 0 Å². The van der Waals surface area contributed by atoms with E-state index in [0.29, 0.717) is 5.70 Å². The largest absolute Gasteiger partial charge is 0.497 e. The highest BCUT2D eigenvalue weighted by molar-refractivity contribution is 5.93. The second-order valence-electron chi connectivity index (χ2n) is 3.15. The van der Waals surface area contributed by atoms with Gasteiger partial charge >= 0.3 is 6.09 Å². The molecule has 0 saturated carbocycles. The summed E-state index contributed by atoms with van der Waals surface area (Å²) in [5.74, 6) is 0.747. The average Bonchev–Trinajstić information content (AvgIpc) is 2.59. The fourth-order valence-electron chi connectivity index (χ4n) is 1.42. The molecule has 1 heterocycles. The molecule has 0 bridgehead atoms. The smallest absolute Gasteiger partial charge is 0.419 e. The molecular formula is C11H11NO3. The first-order valence-corrected chi connectivity index (χ1v) is 4.51. The summed E-state index contributed by atoms with van der Waals surface area (Å²) in [6, 6.07) is 7.15. The van der Waals surface area contributed by atoms with Gasteiger partial charge in [-0.05, 0) is 24.3 Å². The quantitative estimate of drug-likeness (QED) is 0.742. The second kappa shape index (κ2) is 3.65. The van der Waals surface area contributed by atoms with E-state index in [-0.39, 0.29) is 12.7 Å². The van der Waals surface area contributed by atoms with Gasteiger partial charge in [-0.3, -0.25) is 0 Å². The van der Waals surface area contributed by atoms with Crippen molar-refractivity contribution < 1.29 is 14.3 Å². The SMILES string of the molecule is C=C1COC(=O)N1c1ccc(OC)cc1. The van der Waals surface area contributed by atoms with E-state index < -0.39 is 0 Å². The van der Waals surface area contributed by atoms with Gasteiger partial charge in [0.25, 0.3) is 0 Å². The van der Waals surface area contributed by atoms with Gasteiger partial charge in [0.15, 0.2) is 0 Å². The third kappa shape index (κ3) is 1.66. The Labute approximate surface area is 87.7 Å². The number of carbonyl (C=O) groups excluding carboxylic acids is 1. The molecule has 0 aromatic heterocycles. The third-order valence-electron chi connectivity index (χ3n) is 2.19. The summed E-state index contributed by atoms with van der Waals surface area (Å²) in [5, 5.41) is 0. The minimum atomic E-state index is -0.384. The molecule has 0 radical (unpaired) electrons. The van der Waals surface area contributed by atoms with Crippen LogP contribution in [-0.4, -0.2) is 19.8 Å². The fourth-order valence-corrected chi connectivity index (χ4v) is 1.42. The molecule has 0 aliphatic carbocycles. The molecule has 0 unspecified atom stereocenters. The van der Waals surface area contributed by atoms with Crippen molar-refractivity contribution in [1.82, 2.24) is 0 Å². The maximum atomic E-state index is 11.4.